The van der Waals surface area contributed by atoms with Crippen LogP contribution in [-0.4, -0.2) is 24.7 Å². The Morgan fingerprint density at radius 1 is 1.24 bits per heavy atom. The lowest BCUT2D eigenvalue weighted by molar-refractivity contribution is 0.0969. The largest absolute Gasteiger partial charge is 0.314 e. The third-order valence-electron chi connectivity index (χ3n) is 4.81. The second-order valence-corrected chi connectivity index (χ2v) is 6.88. The van der Waals surface area contributed by atoms with E-state index < -0.39 is 0 Å². The van der Waals surface area contributed by atoms with Gasteiger partial charge in [0.15, 0.2) is 0 Å². The van der Waals surface area contributed by atoms with Crippen molar-refractivity contribution < 1.29 is 0 Å². The van der Waals surface area contributed by atoms with E-state index in [1.807, 2.05) is 0 Å². The van der Waals surface area contributed by atoms with Gasteiger partial charge in [0.25, 0.3) is 0 Å². The third-order valence-corrected chi connectivity index (χ3v) is 4.81. The summed E-state index contributed by atoms with van der Waals surface area (Å²) in [5.41, 5.74) is 0.533. The molecule has 0 aromatic carbocycles. The second-order valence-electron chi connectivity index (χ2n) is 6.88. The molecule has 1 saturated carbocycles. The summed E-state index contributed by atoms with van der Waals surface area (Å²) in [5.74, 6) is 0. The van der Waals surface area contributed by atoms with Gasteiger partial charge in [-0.3, -0.25) is 0 Å². The van der Waals surface area contributed by atoms with Gasteiger partial charge in [-0.15, -0.1) is 0 Å². The number of rotatable bonds is 4. The van der Waals surface area contributed by atoms with E-state index >= 15 is 0 Å². The Hall–Kier alpha value is -0.0800. The van der Waals surface area contributed by atoms with Crippen LogP contribution in [0.4, 0.5) is 0 Å². The van der Waals surface area contributed by atoms with Crippen LogP contribution in [0.3, 0.4) is 0 Å². The Kier molecular flexibility index (Phi) is 4.48. The molecular formula is C15H30N2. The van der Waals surface area contributed by atoms with Crippen molar-refractivity contribution in [1.82, 2.24) is 10.6 Å². The fourth-order valence-corrected chi connectivity index (χ4v) is 3.32. The monoisotopic (exact) mass is 238 g/mol. The topological polar surface area (TPSA) is 24.1 Å². The van der Waals surface area contributed by atoms with Crippen molar-refractivity contribution in [2.45, 2.75) is 83.8 Å². The summed E-state index contributed by atoms with van der Waals surface area (Å²) in [6.07, 6.45) is 9.63. The molecule has 0 radical (unpaired) electrons. The van der Waals surface area contributed by atoms with E-state index in [0.29, 0.717) is 11.5 Å². The molecular weight excluding hydrogens is 208 g/mol. The van der Waals surface area contributed by atoms with Gasteiger partial charge in [0.05, 0.1) is 0 Å². The van der Waals surface area contributed by atoms with Crippen molar-refractivity contribution >= 4 is 0 Å². The first-order valence-corrected chi connectivity index (χ1v) is 7.57. The third kappa shape index (κ3) is 3.69. The Morgan fingerprint density at radius 3 is 2.71 bits per heavy atom. The SMILES string of the molecule is CC(CC1CCCCCN1)NC1CCC1(C)C. The molecule has 2 N–H and O–H groups in total. The van der Waals surface area contributed by atoms with Gasteiger partial charge in [-0.05, 0) is 51.0 Å². The molecule has 1 heterocycles. The highest BCUT2D eigenvalue weighted by Crippen LogP contribution is 2.40. The Bertz CT molecular complexity index is 229. The van der Waals surface area contributed by atoms with E-state index in [2.05, 4.69) is 31.4 Å². The van der Waals surface area contributed by atoms with Crippen molar-refractivity contribution in [2.24, 2.45) is 5.41 Å². The van der Waals surface area contributed by atoms with E-state index in [1.165, 1.54) is 51.5 Å². The van der Waals surface area contributed by atoms with E-state index in [4.69, 9.17) is 0 Å². The maximum Gasteiger partial charge on any atom is 0.0121 e. The van der Waals surface area contributed by atoms with Crippen LogP contribution >= 0.6 is 0 Å². The van der Waals surface area contributed by atoms with Crippen LogP contribution in [0.15, 0.2) is 0 Å². The van der Waals surface area contributed by atoms with Crippen LogP contribution < -0.4 is 10.6 Å². The maximum atomic E-state index is 3.83. The van der Waals surface area contributed by atoms with Crippen LogP contribution in [-0.2, 0) is 0 Å². The van der Waals surface area contributed by atoms with E-state index in [-0.39, 0.29) is 0 Å². The molecule has 100 valence electrons. The Labute approximate surface area is 107 Å². The van der Waals surface area contributed by atoms with Gasteiger partial charge in [-0.2, -0.15) is 0 Å². The fourth-order valence-electron chi connectivity index (χ4n) is 3.32. The maximum absolute atomic E-state index is 3.83. The summed E-state index contributed by atoms with van der Waals surface area (Å²) < 4.78 is 0. The molecule has 2 heteroatoms. The average Bonchev–Trinajstić information content (AvgIpc) is 2.53. The van der Waals surface area contributed by atoms with Gasteiger partial charge >= 0.3 is 0 Å². The van der Waals surface area contributed by atoms with Gasteiger partial charge in [-0.25, -0.2) is 0 Å². The van der Waals surface area contributed by atoms with Crippen molar-refractivity contribution in [3.05, 3.63) is 0 Å². The molecule has 0 amide bonds. The van der Waals surface area contributed by atoms with Crippen molar-refractivity contribution in [2.75, 3.05) is 6.54 Å². The number of hydrogen-bond acceptors (Lipinski definition) is 2. The predicted molar refractivity (Wildman–Crippen MR) is 74.3 cm³/mol. The van der Waals surface area contributed by atoms with Gasteiger partial charge in [0, 0.05) is 18.1 Å². The quantitative estimate of drug-likeness (QED) is 0.786. The lowest BCUT2D eigenvalue weighted by Gasteiger charge is -2.46. The molecule has 1 saturated heterocycles. The van der Waals surface area contributed by atoms with Crippen LogP contribution in [0.25, 0.3) is 0 Å². The highest BCUT2D eigenvalue weighted by Gasteiger charge is 2.38. The van der Waals surface area contributed by atoms with Crippen LogP contribution in [0.2, 0.25) is 0 Å². The van der Waals surface area contributed by atoms with E-state index in [1.54, 1.807) is 0 Å². The minimum Gasteiger partial charge on any atom is -0.314 e. The van der Waals surface area contributed by atoms with Crippen LogP contribution in [0.1, 0.15) is 65.7 Å². The second kappa shape index (κ2) is 5.71. The molecule has 2 nitrogen and oxygen atoms in total. The zero-order chi connectivity index (χ0) is 12.3. The predicted octanol–water partition coefficient (Wildman–Crippen LogP) is 3.08. The van der Waals surface area contributed by atoms with Gasteiger partial charge in [0.1, 0.15) is 0 Å². The Morgan fingerprint density at radius 2 is 2.06 bits per heavy atom. The zero-order valence-electron chi connectivity index (χ0n) is 11.9. The lowest BCUT2D eigenvalue weighted by atomic mass is 9.67. The molecule has 2 rings (SSSR count). The number of hydrogen-bond donors (Lipinski definition) is 2. The summed E-state index contributed by atoms with van der Waals surface area (Å²) in [6.45, 7) is 8.38. The summed E-state index contributed by atoms with van der Waals surface area (Å²) in [4.78, 5) is 0. The fraction of sp³-hybridized carbons (Fsp3) is 1.00. The number of nitrogens with one attached hydrogen (secondary N) is 2. The van der Waals surface area contributed by atoms with Crippen LogP contribution in [0, 0.1) is 5.41 Å². The van der Waals surface area contributed by atoms with Crippen molar-refractivity contribution in [3.63, 3.8) is 0 Å². The molecule has 0 bridgehead atoms. The first kappa shape index (κ1) is 13.4. The minimum atomic E-state index is 0.533. The highest BCUT2D eigenvalue weighted by molar-refractivity contribution is 4.95. The highest BCUT2D eigenvalue weighted by atomic mass is 15.0. The summed E-state index contributed by atoms with van der Waals surface area (Å²) in [7, 11) is 0. The molecule has 1 aliphatic heterocycles. The smallest absolute Gasteiger partial charge is 0.0121 e. The Balaban J connectivity index is 1.71. The lowest BCUT2D eigenvalue weighted by Crippen LogP contribution is -2.53. The van der Waals surface area contributed by atoms with Crippen molar-refractivity contribution in [3.8, 4) is 0 Å². The van der Waals surface area contributed by atoms with Gasteiger partial charge in [0.2, 0.25) is 0 Å². The summed E-state index contributed by atoms with van der Waals surface area (Å²) >= 11 is 0. The average molecular weight is 238 g/mol. The first-order chi connectivity index (χ1) is 8.08. The molecule has 0 aromatic heterocycles. The molecule has 3 unspecified atom stereocenters. The van der Waals surface area contributed by atoms with Crippen molar-refractivity contribution in [1.29, 1.82) is 0 Å². The molecule has 0 spiro atoms. The standard InChI is InChI=1S/C15H30N2/c1-12(17-14-8-9-15(14,2)3)11-13-7-5-4-6-10-16-13/h12-14,16-17H,4-11H2,1-3H3. The molecule has 1 aliphatic carbocycles. The molecule has 2 fully saturated rings. The zero-order valence-corrected chi connectivity index (χ0v) is 11.9. The summed E-state index contributed by atoms with van der Waals surface area (Å²) in [6, 6.07) is 2.17. The normalized spacial score (nSPS) is 34.8. The first-order valence-electron chi connectivity index (χ1n) is 7.57. The molecule has 0 aromatic rings. The molecule has 2 aliphatic rings. The van der Waals surface area contributed by atoms with Gasteiger partial charge < -0.3 is 10.6 Å². The molecule has 17 heavy (non-hydrogen) atoms. The van der Waals surface area contributed by atoms with Gasteiger partial charge in [-0.1, -0.05) is 26.7 Å². The van der Waals surface area contributed by atoms with E-state index in [9.17, 15) is 0 Å². The van der Waals surface area contributed by atoms with E-state index in [0.717, 1.165) is 12.1 Å². The molecule has 3 atom stereocenters. The summed E-state index contributed by atoms with van der Waals surface area (Å²) in [5, 5.41) is 7.54. The van der Waals surface area contributed by atoms with Crippen LogP contribution in [0.5, 0.6) is 0 Å². The minimum absolute atomic E-state index is 0.533.